The Bertz CT molecular complexity index is 1120. The molecule has 2 aliphatic carbocycles. The number of rotatable bonds is 5. The molecule has 2 aromatic rings. The fourth-order valence-corrected chi connectivity index (χ4v) is 4.97. The van der Waals surface area contributed by atoms with E-state index in [1.165, 1.54) is 18.2 Å². The molecule has 172 valence electrons. The van der Waals surface area contributed by atoms with Crippen molar-refractivity contribution in [3.05, 3.63) is 70.3 Å². The van der Waals surface area contributed by atoms with Gasteiger partial charge in [0, 0.05) is 22.3 Å². The van der Waals surface area contributed by atoms with Crippen LogP contribution in [0.2, 0.25) is 0 Å². The summed E-state index contributed by atoms with van der Waals surface area (Å²) in [5, 5.41) is 0. The zero-order valence-corrected chi connectivity index (χ0v) is 19.1. The van der Waals surface area contributed by atoms with Gasteiger partial charge in [0.05, 0.1) is 5.56 Å². The van der Waals surface area contributed by atoms with Gasteiger partial charge in [0.15, 0.2) is 18.2 Å². The third-order valence-corrected chi connectivity index (χ3v) is 6.74. The molecule has 0 saturated heterocycles. The highest BCUT2D eigenvalue weighted by Gasteiger charge is 2.35. The normalized spacial score (nSPS) is 21.9. The Morgan fingerprint density at radius 2 is 1.61 bits per heavy atom. The molecule has 0 aromatic heterocycles. The van der Waals surface area contributed by atoms with Gasteiger partial charge in [-0.25, -0.2) is 9.59 Å². The van der Waals surface area contributed by atoms with E-state index < -0.39 is 24.3 Å². The zero-order chi connectivity index (χ0) is 23.7. The molecule has 0 unspecified atom stereocenters. The van der Waals surface area contributed by atoms with Gasteiger partial charge < -0.3 is 9.47 Å². The molecule has 0 N–H and O–H groups in total. The van der Waals surface area contributed by atoms with E-state index in [4.69, 9.17) is 9.47 Å². The molecule has 0 spiro atoms. The number of fused-ring (bicyclic) bond motifs is 2. The monoisotopic (exact) mass is 448 g/mol. The van der Waals surface area contributed by atoms with Crippen molar-refractivity contribution < 1.29 is 28.7 Å². The lowest BCUT2D eigenvalue weighted by Gasteiger charge is -2.36. The fraction of sp³-hybridized carbons (Fsp3) is 0.407. The highest BCUT2D eigenvalue weighted by Crippen LogP contribution is 2.35. The largest absolute Gasteiger partial charge is 0.460 e. The fourth-order valence-electron chi connectivity index (χ4n) is 4.97. The summed E-state index contributed by atoms with van der Waals surface area (Å²) in [5.41, 5.74) is 0.707. The van der Waals surface area contributed by atoms with Crippen LogP contribution in [0.1, 0.15) is 82.2 Å². The van der Waals surface area contributed by atoms with Crippen LogP contribution in [0.3, 0.4) is 0 Å². The van der Waals surface area contributed by atoms with Gasteiger partial charge in [0.1, 0.15) is 6.10 Å². The summed E-state index contributed by atoms with van der Waals surface area (Å²) in [6.45, 7) is 5.84. The third kappa shape index (κ3) is 4.47. The molecule has 33 heavy (non-hydrogen) atoms. The van der Waals surface area contributed by atoms with Crippen LogP contribution >= 0.6 is 0 Å². The van der Waals surface area contributed by atoms with Gasteiger partial charge >= 0.3 is 11.9 Å². The number of hydrogen-bond acceptors (Lipinski definition) is 6. The van der Waals surface area contributed by atoms with E-state index >= 15 is 0 Å². The molecule has 0 radical (unpaired) electrons. The number of ketones is 2. The molecule has 0 bridgehead atoms. The molecule has 0 heterocycles. The summed E-state index contributed by atoms with van der Waals surface area (Å²) in [7, 11) is 0. The summed E-state index contributed by atoms with van der Waals surface area (Å²) in [6.07, 6.45) is 2.72. The van der Waals surface area contributed by atoms with Crippen LogP contribution < -0.4 is 0 Å². The molecular weight excluding hydrogens is 420 g/mol. The summed E-state index contributed by atoms with van der Waals surface area (Å²) in [5.74, 6) is -1.02. The third-order valence-electron chi connectivity index (χ3n) is 6.74. The van der Waals surface area contributed by atoms with Crippen molar-refractivity contribution in [2.24, 2.45) is 17.8 Å². The van der Waals surface area contributed by atoms with E-state index in [1.54, 1.807) is 24.3 Å². The van der Waals surface area contributed by atoms with E-state index in [9.17, 15) is 19.2 Å². The molecule has 2 aromatic carbocycles. The molecule has 4 rings (SSSR count). The standard InChI is InChI=1S/C27H28O6/c1-15(2)17-12-11-16(3)13-22(17)33-23(28)14-32-27(31)21-10-6-9-20-24(21)26(30)19-8-5-4-7-18(19)25(20)29/h4-10,15-17,22H,11-14H2,1-3H3/t16-,17-,22-/m1/s1. The minimum atomic E-state index is -0.832. The first-order valence-electron chi connectivity index (χ1n) is 11.5. The van der Waals surface area contributed by atoms with Crippen LogP contribution in [0.5, 0.6) is 0 Å². The predicted molar refractivity (Wildman–Crippen MR) is 121 cm³/mol. The first-order chi connectivity index (χ1) is 15.8. The predicted octanol–water partition coefficient (Wildman–Crippen LogP) is 4.62. The number of carbonyl (C=O) groups is 4. The van der Waals surface area contributed by atoms with E-state index in [2.05, 4.69) is 20.8 Å². The lowest BCUT2D eigenvalue weighted by molar-refractivity contribution is -0.159. The summed E-state index contributed by atoms with van der Waals surface area (Å²) < 4.78 is 10.9. The van der Waals surface area contributed by atoms with Gasteiger partial charge in [0.25, 0.3) is 0 Å². The summed E-state index contributed by atoms with van der Waals surface area (Å²) in [6, 6.07) is 11.0. The first kappa shape index (κ1) is 22.9. The van der Waals surface area contributed by atoms with E-state index in [0.29, 0.717) is 17.4 Å². The maximum atomic E-state index is 13.1. The molecule has 2 aliphatic rings. The smallest absolute Gasteiger partial charge is 0.344 e. The maximum Gasteiger partial charge on any atom is 0.344 e. The van der Waals surface area contributed by atoms with Gasteiger partial charge in [-0.05, 0) is 36.7 Å². The average Bonchev–Trinajstić information content (AvgIpc) is 2.80. The topological polar surface area (TPSA) is 86.7 Å². The quantitative estimate of drug-likeness (QED) is 0.529. The maximum absolute atomic E-state index is 13.1. The van der Waals surface area contributed by atoms with E-state index in [1.807, 2.05) is 0 Å². The number of ether oxygens (including phenoxy) is 2. The minimum Gasteiger partial charge on any atom is -0.460 e. The second kappa shape index (κ2) is 9.30. The van der Waals surface area contributed by atoms with E-state index in [0.717, 1.165) is 19.3 Å². The van der Waals surface area contributed by atoms with Crippen molar-refractivity contribution in [2.45, 2.75) is 46.1 Å². The Kier molecular flexibility index (Phi) is 6.45. The van der Waals surface area contributed by atoms with Gasteiger partial charge in [0.2, 0.25) is 0 Å². The molecule has 6 heteroatoms. The second-order valence-corrected chi connectivity index (χ2v) is 9.36. The number of hydrogen-bond donors (Lipinski definition) is 0. The van der Waals surface area contributed by atoms with Gasteiger partial charge in [-0.15, -0.1) is 0 Å². The van der Waals surface area contributed by atoms with Gasteiger partial charge in [-0.1, -0.05) is 63.6 Å². The molecule has 1 fully saturated rings. The summed E-state index contributed by atoms with van der Waals surface area (Å²) >= 11 is 0. The molecule has 0 amide bonds. The number of esters is 2. The van der Waals surface area contributed by atoms with Crippen LogP contribution in [-0.4, -0.2) is 36.2 Å². The molecule has 1 saturated carbocycles. The SMILES string of the molecule is CC(C)[C@H]1CC[C@@H](C)C[C@H]1OC(=O)COC(=O)c1cccc2c1C(=O)c1ccccc1C2=O. The van der Waals surface area contributed by atoms with Crippen molar-refractivity contribution >= 4 is 23.5 Å². The lowest BCUT2D eigenvalue weighted by atomic mass is 9.75. The molecule has 6 nitrogen and oxygen atoms in total. The highest BCUT2D eigenvalue weighted by molar-refractivity contribution is 6.30. The number of carbonyl (C=O) groups excluding carboxylic acids is 4. The van der Waals surface area contributed by atoms with Crippen LogP contribution in [0.25, 0.3) is 0 Å². The highest BCUT2D eigenvalue weighted by atomic mass is 16.6. The van der Waals surface area contributed by atoms with Crippen LogP contribution in [-0.2, 0) is 14.3 Å². The average molecular weight is 449 g/mol. The molecule has 0 aliphatic heterocycles. The number of benzene rings is 2. The molecule has 3 atom stereocenters. The zero-order valence-electron chi connectivity index (χ0n) is 19.1. The Balaban J connectivity index is 1.47. The van der Waals surface area contributed by atoms with Crippen LogP contribution in [0.15, 0.2) is 42.5 Å². The van der Waals surface area contributed by atoms with Crippen LogP contribution in [0, 0.1) is 17.8 Å². The van der Waals surface area contributed by atoms with E-state index in [-0.39, 0.29) is 40.1 Å². The van der Waals surface area contributed by atoms with Crippen molar-refractivity contribution in [1.82, 2.24) is 0 Å². The van der Waals surface area contributed by atoms with Crippen molar-refractivity contribution in [1.29, 1.82) is 0 Å². The Morgan fingerprint density at radius 1 is 0.939 bits per heavy atom. The first-order valence-corrected chi connectivity index (χ1v) is 11.5. The Morgan fingerprint density at radius 3 is 2.30 bits per heavy atom. The minimum absolute atomic E-state index is 0.0144. The van der Waals surface area contributed by atoms with Crippen molar-refractivity contribution in [3.63, 3.8) is 0 Å². The van der Waals surface area contributed by atoms with Gasteiger partial charge in [-0.2, -0.15) is 0 Å². The van der Waals surface area contributed by atoms with Crippen molar-refractivity contribution in [2.75, 3.05) is 6.61 Å². The molecular formula is C27H28O6. The van der Waals surface area contributed by atoms with Crippen LogP contribution in [0.4, 0.5) is 0 Å². The lowest BCUT2D eigenvalue weighted by Crippen LogP contribution is -2.36. The summed E-state index contributed by atoms with van der Waals surface area (Å²) in [4.78, 5) is 51.2. The Labute approximate surface area is 193 Å². The second-order valence-electron chi connectivity index (χ2n) is 9.36. The van der Waals surface area contributed by atoms with Gasteiger partial charge in [-0.3, -0.25) is 9.59 Å². The van der Waals surface area contributed by atoms with Crippen molar-refractivity contribution in [3.8, 4) is 0 Å². The Hall–Kier alpha value is -3.28.